The second kappa shape index (κ2) is 4.28. The predicted molar refractivity (Wildman–Crippen MR) is 59.3 cm³/mol. The van der Waals surface area contributed by atoms with Crippen LogP contribution in [-0.4, -0.2) is 44.0 Å². The molecule has 1 aromatic heterocycles. The summed E-state index contributed by atoms with van der Waals surface area (Å²) < 4.78 is 30.8. The van der Waals surface area contributed by atoms with Gasteiger partial charge in [-0.1, -0.05) is 11.3 Å². The van der Waals surface area contributed by atoms with Crippen molar-refractivity contribution in [1.82, 2.24) is 9.29 Å². The van der Waals surface area contributed by atoms with Crippen molar-refractivity contribution in [2.45, 2.75) is 11.1 Å². The molecular weight excluding hydrogens is 252 g/mol. The standard InChI is InChI=1S/C8H12N2O4S2/c1-6-7(15-8(11)9-6)16(12,13)10-2-4-14-5-3-10/h2-5H2,1H3,(H,9,11). The Hall–Kier alpha value is -0.700. The van der Waals surface area contributed by atoms with Gasteiger partial charge in [-0.25, -0.2) is 8.42 Å². The van der Waals surface area contributed by atoms with Crippen molar-refractivity contribution in [3.05, 3.63) is 15.4 Å². The lowest BCUT2D eigenvalue weighted by Crippen LogP contribution is -2.40. The number of ether oxygens (including phenoxy) is 1. The highest BCUT2D eigenvalue weighted by Crippen LogP contribution is 2.21. The molecule has 8 heteroatoms. The number of H-pyrrole nitrogens is 1. The van der Waals surface area contributed by atoms with E-state index in [1.807, 2.05) is 0 Å². The fourth-order valence-corrected chi connectivity index (χ4v) is 4.38. The summed E-state index contributed by atoms with van der Waals surface area (Å²) >= 11 is 0.733. The SMILES string of the molecule is Cc1[nH]c(=O)sc1S(=O)(=O)N1CCOCC1. The molecule has 0 atom stereocenters. The molecule has 0 unspecified atom stereocenters. The Morgan fingerprint density at radius 1 is 1.38 bits per heavy atom. The number of aromatic nitrogens is 1. The molecule has 0 spiro atoms. The molecule has 2 heterocycles. The zero-order chi connectivity index (χ0) is 11.8. The van der Waals surface area contributed by atoms with Crippen LogP contribution < -0.4 is 4.87 Å². The molecule has 0 saturated carbocycles. The van der Waals surface area contributed by atoms with Crippen LogP contribution in [0.1, 0.15) is 5.69 Å². The maximum atomic E-state index is 12.1. The van der Waals surface area contributed by atoms with Gasteiger partial charge in [0.1, 0.15) is 0 Å². The van der Waals surface area contributed by atoms with Crippen LogP contribution in [0.15, 0.2) is 9.00 Å². The third kappa shape index (κ3) is 2.05. The molecule has 1 saturated heterocycles. The maximum absolute atomic E-state index is 12.1. The predicted octanol–water partition coefficient (Wildman–Crippen LogP) is -0.234. The van der Waals surface area contributed by atoms with E-state index in [4.69, 9.17) is 4.74 Å². The van der Waals surface area contributed by atoms with Crippen molar-refractivity contribution in [3.8, 4) is 0 Å². The molecule has 1 fully saturated rings. The molecule has 1 aliphatic heterocycles. The molecule has 2 rings (SSSR count). The molecule has 90 valence electrons. The van der Waals surface area contributed by atoms with E-state index < -0.39 is 10.0 Å². The number of nitrogens with one attached hydrogen (secondary N) is 1. The van der Waals surface area contributed by atoms with Crippen molar-refractivity contribution in [3.63, 3.8) is 0 Å². The van der Waals surface area contributed by atoms with Crippen LogP contribution in [0.5, 0.6) is 0 Å². The second-order valence-electron chi connectivity index (χ2n) is 3.44. The van der Waals surface area contributed by atoms with E-state index in [9.17, 15) is 13.2 Å². The van der Waals surface area contributed by atoms with Gasteiger partial charge in [0, 0.05) is 18.8 Å². The van der Waals surface area contributed by atoms with Crippen molar-refractivity contribution >= 4 is 21.4 Å². The Bertz CT molecular complexity index is 524. The minimum Gasteiger partial charge on any atom is -0.379 e. The summed E-state index contributed by atoms with van der Waals surface area (Å²) in [6.07, 6.45) is 0. The zero-order valence-corrected chi connectivity index (χ0v) is 10.4. The van der Waals surface area contributed by atoms with Gasteiger partial charge < -0.3 is 9.72 Å². The van der Waals surface area contributed by atoms with Gasteiger partial charge >= 0.3 is 4.87 Å². The summed E-state index contributed by atoms with van der Waals surface area (Å²) in [6.45, 7) is 3.07. The number of aromatic amines is 1. The minimum absolute atomic E-state index is 0.111. The Labute approximate surface area is 96.9 Å². The number of rotatable bonds is 2. The quantitative estimate of drug-likeness (QED) is 0.800. The van der Waals surface area contributed by atoms with Crippen LogP contribution in [0.2, 0.25) is 0 Å². The van der Waals surface area contributed by atoms with Gasteiger partial charge in [0.25, 0.3) is 10.0 Å². The van der Waals surface area contributed by atoms with E-state index in [0.29, 0.717) is 32.0 Å². The van der Waals surface area contributed by atoms with E-state index in [1.165, 1.54) is 4.31 Å². The lowest BCUT2D eigenvalue weighted by molar-refractivity contribution is 0.0731. The number of sulfonamides is 1. The molecular formula is C8H12N2O4S2. The average molecular weight is 264 g/mol. The first-order valence-corrected chi connectivity index (χ1v) is 7.05. The van der Waals surface area contributed by atoms with Crippen molar-refractivity contribution in [2.24, 2.45) is 0 Å². The molecule has 6 nitrogen and oxygen atoms in total. The molecule has 0 radical (unpaired) electrons. The number of aryl methyl sites for hydroxylation is 1. The van der Waals surface area contributed by atoms with Gasteiger partial charge in [0.2, 0.25) is 0 Å². The van der Waals surface area contributed by atoms with Crippen LogP contribution in [0.3, 0.4) is 0 Å². The number of morpholine rings is 1. The number of thiazole rings is 1. The highest BCUT2D eigenvalue weighted by Gasteiger charge is 2.29. The molecule has 1 aromatic rings. The average Bonchev–Trinajstić information content (AvgIpc) is 2.60. The Balaban J connectivity index is 2.38. The van der Waals surface area contributed by atoms with Gasteiger partial charge in [0.05, 0.1) is 13.2 Å². The van der Waals surface area contributed by atoms with Crippen LogP contribution in [0.4, 0.5) is 0 Å². The van der Waals surface area contributed by atoms with Crippen LogP contribution in [0.25, 0.3) is 0 Å². The molecule has 1 aliphatic rings. The fourth-order valence-electron chi connectivity index (χ4n) is 1.54. The van der Waals surface area contributed by atoms with E-state index in [-0.39, 0.29) is 9.08 Å². The first-order valence-electron chi connectivity index (χ1n) is 4.79. The third-order valence-corrected chi connectivity index (χ3v) is 5.81. The third-order valence-electron chi connectivity index (χ3n) is 2.33. The van der Waals surface area contributed by atoms with Gasteiger partial charge in [-0.2, -0.15) is 4.31 Å². The Morgan fingerprint density at radius 2 is 2.00 bits per heavy atom. The fraction of sp³-hybridized carbons (Fsp3) is 0.625. The van der Waals surface area contributed by atoms with Gasteiger partial charge in [-0.3, -0.25) is 4.79 Å². The topological polar surface area (TPSA) is 79.5 Å². The first-order chi connectivity index (χ1) is 7.51. The Morgan fingerprint density at radius 3 is 2.50 bits per heavy atom. The maximum Gasteiger partial charge on any atom is 0.305 e. The van der Waals surface area contributed by atoms with E-state index in [0.717, 1.165) is 11.3 Å². The minimum atomic E-state index is -3.53. The molecule has 16 heavy (non-hydrogen) atoms. The van der Waals surface area contributed by atoms with E-state index in [2.05, 4.69) is 4.98 Å². The normalized spacial score (nSPS) is 18.8. The second-order valence-corrected chi connectivity index (χ2v) is 6.56. The zero-order valence-electron chi connectivity index (χ0n) is 8.73. The molecule has 1 N–H and O–H groups in total. The summed E-state index contributed by atoms with van der Waals surface area (Å²) in [4.78, 5) is 13.2. The van der Waals surface area contributed by atoms with Crippen LogP contribution >= 0.6 is 11.3 Å². The number of nitrogens with zero attached hydrogens (tertiary/aromatic N) is 1. The summed E-state index contributed by atoms with van der Waals surface area (Å²) in [6, 6.07) is 0. The molecule has 0 amide bonds. The summed E-state index contributed by atoms with van der Waals surface area (Å²) in [5.41, 5.74) is 0.404. The van der Waals surface area contributed by atoms with Gasteiger partial charge in [-0.15, -0.1) is 0 Å². The summed E-state index contributed by atoms with van der Waals surface area (Å²) in [5, 5.41) is 0. The van der Waals surface area contributed by atoms with Crippen molar-refractivity contribution in [1.29, 1.82) is 0 Å². The molecule has 0 aliphatic carbocycles. The largest absolute Gasteiger partial charge is 0.379 e. The number of hydrogen-bond acceptors (Lipinski definition) is 5. The smallest absolute Gasteiger partial charge is 0.305 e. The van der Waals surface area contributed by atoms with Crippen LogP contribution in [0, 0.1) is 6.92 Å². The van der Waals surface area contributed by atoms with Crippen molar-refractivity contribution in [2.75, 3.05) is 26.3 Å². The first kappa shape index (κ1) is 11.8. The molecule has 0 bridgehead atoms. The molecule has 0 aromatic carbocycles. The monoisotopic (exact) mass is 264 g/mol. The highest BCUT2D eigenvalue weighted by molar-refractivity contribution is 7.91. The van der Waals surface area contributed by atoms with E-state index >= 15 is 0 Å². The van der Waals surface area contributed by atoms with Gasteiger partial charge in [-0.05, 0) is 6.92 Å². The van der Waals surface area contributed by atoms with Gasteiger partial charge in [0.15, 0.2) is 4.21 Å². The Kier molecular flexibility index (Phi) is 3.15. The van der Waals surface area contributed by atoms with Crippen molar-refractivity contribution < 1.29 is 13.2 Å². The number of hydrogen-bond donors (Lipinski definition) is 1. The van der Waals surface area contributed by atoms with E-state index in [1.54, 1.807) is 6.92 Å². The summed E-state index contributed by atoms with van der Waals surface area (Å²) in [5.74, 6) is 0. The van der Waals surface area contributed by atoms with Crippen LogP contribution in [-0.2, 0) is 14.8 Å². The highest BCUT2D eigenvalue weighted by atomic mass is 32.2. The lowest BCUT2D eigenvalue weighted by atomic mass is 10.5. The lowest BCUT2D eigenvalue weighted by Gasteiger charge is -2.25. The summed E-state index contributed by atoms with van der Waals surface area (Å²) in [7, 11) is -3.53.